The van der Waals surface area contributed by atoms with Gasteiger partial charge in [0.05, 0.1) is 12.6 Å². The molecule has 0 spiro atoms. The van der Waals surface area contributed by atoms with Crippen LogP contribution in [0.25, 0.3) is 0 Å². The molecule has 3 heteroatoms. The summed E-state index contributed by atoms with van der Waals surface area (Å²) in [5, 5.41) is 0. The summed E-state index contributed by atoms with van der Waals surface area (Å²) in [5.41, 5.74) is 5.12. The number of anilines is 1. The van der Waals surface area contributed by atoms with Gasteiger partial charge < -0.3 is 9.80 Å². The lowest BCUT2D eigenvalue weighted by molar-refractivity contribution is -0.134. The van der Waals surface area contributed by atoms with Gasteiger partial charge in [-0.1, -0.05) is 42.5 Å². The fourth-order valence-electron chi connectivity index (χ4n) is 3.78. The monoisotopic (exact) mass is 292 g/mol. The SMILES string of the molecule is Cc1ccccc1N1CC(=O)N2CCc3ccccc3C2C1. The van der Waals surface area contributed by atoms with Crippen molar-refractivity contribution in [1.29, 1.82) is 0 Å². The Bertz CT molecular complexity index is 725. The molecule has 1 fully saturated rings. The number of aryl methyl sites for hydroxylation is 1. The van der Waals surface area contributed by atoms with Crippen LogP contribution in [-0.4, -0.2) is 30.4 Å². The summed E-state index contributed by atoms with van der Waals surface area (Å²) in [5.74, 6) is 0.244. The van der Waals surface area contributed by atoms with Crippen LogP contribution in [0.3, 0.4) is 0 Å². The second-order valence-corrected chi connectivity index (χ2v) is 6.22. The minimum atomic E-state index is 0.186. The zero-order valence-corrected chi connectivity index (χ0v) is 12.8. The Morgan fingerprint density at radius 2 is 1.82 bits per heavy atom. The van der Waals surface area contributed by atoms with E-state index in [0.717, 1.165) is 19.5 Å². The van der Waals surface area contributed by atoms with Crippen LogP contribution in [0.2, 0.25) is 0 Å². The van der Waals surface area contributed by atoms with Gasteiger partial charge in [0.2, 0.25) is 5.91 Å². The minimum Gasteiger partial charge on any atom is -0.360 e. The molecule has 0 saturated carbocycles. The number of rotatable bonds is 1. The molecule has 0 aromatic heterocycles. The largest absolute Gasteiger partial charge is 0.360 e. The summed E-state index contributed by atoms with van der Waals surface area (Å²) in [6.07, 6.45) is 0.975. The summed E-state index contributed by atoms with van der Waals surface area (Å²) in [4.78, 5) is 16.9. The molecule has 1 unspecified atom stereocenters. The smallest absolute Gasteiger partial charge is 0.242 e. The van der Waals surface area contributed by atoms with Crippen molar-refractivity contribution in [2.45, 2.75) is 19.4 Å². The Labute approximate surface area is 131 Å². The Morgan fingerprint density at radius 3 is 2.68 bits per heavy atom. The predicted molar refractivity (Wildman–Crippen MR) is 88.0 cm³/mol. The maximum atomic E-state index is 12.6. The van der Waals surface area contributed by atoms with Crippen LogP contribution in [0.4, 0.5) is 5.69 Å². The fourth-order valence-corrected chi connectivity index (χ4v) is 3.78. The highest BCUT2D eigenvalue weighted by molar-refractivity contribution is 5.84. The normalized spacial score (nSPS) is 20.6. The number of amides is 1. The van der Waals surface area contributed by atoms with Gasteiger partial charge in [-0.15, -0.1) is 0 Å². The van der Waals surface area contributed by atoms with Crippen molar-refractivity contribution in [3.05, 3.63) is 65.2 Å². The van der Waals surface area contributed by atoms with Crippen molar-refractivity contribution in [2.24, 2.45) is 0 Å². The van der Waals surface area contributed by atoms with Crippen molar-refractivity contribution in [2.75, 3.05) is 24.5 Å². The summed E-state index contributed by atoms with van der Waals surface area (Å²) < 4.78 is 0. The average Bonchev–Trinajstić information content (AvgIpc) is 2.55. The lowest BCUT2D eigenvalue weighted by Crippen LogP contribution is -2.54. The Balaban J connectivity index is 1.72. The predicted octanol–water partition coefficient (Wildman–Crippen LogP) is 2.94. The molecule has 2 aliphatic heterocycles. The Hall–Kier alpha value is -2.29. The third-order valence-electron chi connectivity index (χ3n) is 4.91. The first-order valence-corrected chi connectivity index (χ1v) is 7.92. The third kappa shape index (κ3) is 2.08. The maximum Gasteiger partial charge on any atom is 0.242 e. The van der Waals surface area contributed by atoms with E-state index >= 15 is 0 Å². The van der Waals surface area contributed by atoms with Crippen molar-refractivity contribution in [3.63, 3.8) is 0 Å². The van der Waals surface area contributed by atoms with Crippen LogP contribution in [0.5, 0.6) is 0 Å². The standard InChI is InChI=1S/C19H20N2O/c1-14-6-2-5-9-17(14)20-12-18-16-8-4-3-7-15(16)10-11-21(18)19(22)13-20/h2-9,18H,10-13H2,1H3. The molecule has 2 aliphatic rings. The first-order chi connectivity index (χ1) is 10.7. The van der Waals surface area contributed by atoms with E-state index in [2.05, 4.69) is 53.1 Å². The number of nitrogens with zero attached hydrogens (tertiary/aromatic N) is 2. The number of hydrogen-bond donors (Lipinski definition) is 0. The van der Waals surface area contributed by atoms with Gasteiger partial charge in [0.1, 0.15) is 0 Å². The third-order valence-corrected chi connectivity index (χ3v) is 4.91. The molecular weight excluding hydrogens is 272 g/mol. The van der Waals surface area contributed by atoms with Crippen LogP contribution in [-0.2, 0) is 11.2 Å². The average molecular weight is 292 g/mol. The molecule has 0 aliphatic carbocycles. The molecule has 2 aromatic carbocycles. The zero-order valence-electron chi connectivity index (χ0n) is 12.8. The van der Waals surface area contributed by atoms with Crippen molar-refractivity contribution >= 4 is 11.6 Å². The van der Waals surface area contributed by atoms with Crippen LogP contribution in [0.1, 0.15) is 22.7 Å². The molecule has 3 nitrogen and oxygen atoms in total. The first kappa shape index (κ1) is 13.4. The lowest BCUT2D eigenvalue weighted by Gasteiger charge is -2.45. The molecule has 112 valence electrons. The Kier molecular flexibility index (Phi) is 3.14. The van der Waals surface area contributed by atoms with Gasteiger partial charge in [-0.2, -0.15) is 0 Å². The van der Waals surface area contributed by atoms with E-state index in [-0.39, 0.29) is 11.9 Å². The number of piperazine rings is 1. The number of para-hydroxylation sites is 1. The molecule has 4 rings (SSSR count). The molecule has 0 N–H and O–H groups in total. The molecule has 2 aromatic rings. The van der Waals surface area contributed by atoms with E-state index in [9.17, 15) is 4.79 Å². The zero-order chi connectivity index (χ0) is 15.1. The quantitative estimate of drug-likeness (QED) is 0.807. The Morgan fingerprint density at radius 1 is 1.05 bits per heavy atom. The fraction of sp³-hybridized carbons (Fsp3) is 0.316. The van der Waals surface area contributed by atoms with E-state index in [1.165, 1.54) is 22.4 Å². The number of carbonyl (C=O) groups excluding carboxylic acids is 1. The van der Waals surface area contributed by atoms with E-state index in [1.54, 1.807) is 0 Å². The van der Waals surface area contributed by atoms with Crippen LogP contribution in [0.15, 0.2) is 48.5 Å². The van der Waals surface area contributed by atoms with E-state index < -0.39 is 0 Å². The summed E-state index contributed by atoms with van der Waals surface area (Å²) in [6, 6.07) is 17.1. The molecule has 1 amide bonds. The van der Waals surface area contributed by atoms with Crippen LogP contribution < -0.4 is 4.90 Å². The van der Waals surface area contributed by atoms with Gasteiger partial charge in [-0.3, -0.25) is 4.79 Å². The maximum absolute atomic E-state index is 12.6. The van der Waals surface area contributed by atoms with Gasteiger partial charge in [0.25, 0.3) is 0 Å². The van der Waals surface area contributed by atoms with Crippen LogP contribution >= 0.6 is 0 Å². The number of fused-ring (bicyclic) bond motifs is 3. The first-order valence-electron chi connectivity index (χ1n) is 7.92. The van der Waals surface area contributed by atoms with Crippen LogP contribution in [0, 0.1) is 6.92 Å². The van der Waals surface area contributed by atoms with E-state index in [4.69, 9.17) is 0 Å². The van der Waals surface area contributed by atoms with Gasteiger partial charge in [-0.05, 0) is 36.1 Å². The molecule has 2 heterocycles. The molecule has 1 atom stereocenters. The second-order valence-electron chi connectivity index (χ2n) is 6.22. The van der Waals surface area contributed by atoms with Gasteiger partial charge in [-0.25, -0.2) is 0 Å². The highest BCUT2D eigenvalue weighted by Gasteiger charge is 2.37. The highest BCUT2D eigenvalue weighted by Crippen LogP contribution is 2.35. The van der Waals surface area contributed by atoms with E-state index in [0.29, 0.717) is 6.54 Å². The molecule has 0 bridgehead atoms. The van der Waals surface area contributed by atoms with Gasteiger partial charge in [0.15, 0.2) is 0 Å². The highest BCUT2D eigenvalue weighted by atomic mass is 16.2. The topological polar surface area (TPSA) is 23.6 Å². The lowest BCUT2D eigenvalue weighted by atomic mass is 9.90. The van der Waals surface area contributed by atoms with Gasteiger partial charge in [0, 0.05) is 18.8 Å². The molecule has 22 heavy (non-hydrogen) atoms. The van der Waals surface area contributed by atoms with Crippen molar-refractivity contribution < 1.29 is 4.79 Å². The minimum absolute atomic E-state index is 0.186. The van der Waals surface area contributed by atoms with Crippen molar-refractivity contribution in [1.82, 2.24) is 4.90 Å². The number of benzene rings is 2. The molecule has 1 saturated heterocycles. The summed E-state index contributed by atoms with van der Waals surface area (Å²) in [7, 11) is 0. The van der Waals surface area contributed by atoms with E-state index in [1.807, 2.05) is 12.1 Å². The second kappa shape index (κ2) is 5.16. The summed E-state index contributed by atoms with van der Waals surface area (Å²) >= 11 is 0. The number of carbonyl (C=O) groups is 1. The summed E-state index contributed by atoms with van der Waals surface area (Å²) in [6.45, 7) is 4.33. The number of hydrogen-bond acceptors (Lipinski definition) is 2. The van der Waals surface area contributed by atoms with Gasteiger partial charge >= 0.3 is 0 Å². The molecule has 0 radical (unpaired) electrons. The molecular formula is C19H20N2O. The van der Waals surface area contributed by atoms with Crippen molar-refractivity contribution in [3.8, 4) is 0 Å².